The molecule has 1 unspecified atom stereocenters. The third kappa shape index (κ3) is 2.05. The van der Waals surface area contributed by atoms with Crippen LogP contribution in [0, 0.1) is 0 Å². The van der Waals surface area contributed by atoms with Crippen LogP contribution in [0.3, 0.4) is 0 Å². The van der Waals surface area contributed by atoms with Gasteiger partial charge in [0.1, 0.15) is 5.75 Å². The van der Waals surface area contributed by atoms with Crippen LogP contribution in [0.4, 0.5) is 0 Å². The van der Waals surface area contributed by atoms with Gasteiger partial charge in [-0.1, -0.05) is 18.2 Å². The lowest BCUT2D eigenvalue weighted by Gasteiger charge is -2.11. The second kappa shape index (κ2) is 3.98. The van der Waals surface area contributed by atoms with Crippen molar-refractivity contribution in [3.05, 3.63) is 30.3 Å². The number of ether oxygens (including phenoxy) is 3. The molecule has 14 heavy (non-hydrogen) atoms. The Hall–Kier alpha value is -1.06. The molecule has 1 aliphatic heterocycles. The van der Waals surface area contributed by atoms with Crippen LogP contribution in [0.2, 0.25) is 0 Å². The SMILES string of the molecule is C[C@@H]1OC(Oc2ccccc2)O[C@@H]1C. The van der Waals surface area contributed by atoms with Crippen molar-refractivity contribution in [1.82, 2.24) is 0 Å². The first kappa shape index (κ1) is 9.49. The van der Waals surface area contributed by atoms with Crippen molar-refractivity contribution in [1.29, 1.82) is 0 Å². The Labute approximate surface area is 83.6 Å². The zero-order chi connectivity index (χ0) is 9.97. The van der Waals surface area contributed by atoms with Crippen molar-refractivity contribution in [3.8, 4) is 5.75 Å². The van der Waals surface area contributed by atoms with Gasteiger partial charge >= 0.3 is 6.48 Å². The van der Waals surface area contributed by atoms with E-state index < -0.39 is 6.48 Å². The molecule has 1 fully saturated rings. The average Bonchev–Trinajstić information content (AvgIpc) is 2.47. The summed E-state index contributed by atoms with van der Waals surface area (Å²) in [7, 11) is 0. The van der Waals surface area contributed by atoms with Crippen molar-refractivity contribution in [3.63, 3.8) is 0 Å². The highest BCUT2D eigenvalue weighted by atomic mass is 16.9. The van der Waals surface area contributed by atoms with Gasteiger partial charge in [-0.2, -0.15) is 0 Å². The lowest BCUT2D eigenvalue weighted by Crippen LogP contribution is -2.17. The number of hydrogen-bond acceptors (Lipinski definition) is 3. The lowest BCUT2D eigenvalue weighted by molar-refractivity contribution is -0.190. The predicted molar refractivity (Wildman–Crippen MR) is 52.0 cm³/mol. The number of benzene rings is 1. The fourth-order valence-electron chi connectivity index (χ4n) is 1.27. The van der Waals surface area contributed by atoms with Crippen LogP contribution in [-0.4, -0.2) is 18.7 Å². The van der Waals surface area contributed by atoms with E-state index >= 15 is 0 Å². The third-order valence-electron chi connectivity index (χ3n) is 2.29. The summed E-state index contributed by atoms with van der Waals surface area (Å²) in [5, 5.41) is 0. The minimum atomic E-state index is -0.567. The number of rotatable bonds is 2. The molecule has 2 rings (SSSR count). The molecule has 0 N–H and O–H groups in total. The summed E-state index contributed by atoms with van der Waals surface area (Å²) in [6, 6.07) is 9.52. The maximum absolute atomic E-state index is 5.47. The molecule has 1 saturated heterocycles. The van der Waals surface area contributed by atoms with Gasteiger partial charge < -0.3 is 14.2 Å². The van der Waals surface area contributed by atoms with Crippen molar-refractivity contribution >= 4 is 0 Å². The fourth-order valence-corrected chi connectivity index (χ4v) is 1.27. The summed E-state index contributed by atoms with van der Waals surface area (Å²) in [5.41, 5.74) is 0. The summed E-state index contributed by atoms with van der Waals surface area (Å²) >= 11 is 0. The van der Waals surface area contributed by atoms with Gasteiger partial charge in [0.05, 0.1) is 12.2 Å². The smallest absolute Gasteiger partial charge is 0.316 e. The second-order valence-electron chi connectivity index (χ2n) is 3.40. The molecule has 0 spiro atoms. The lowest BCUT2D eigenvalue weighted by atomic mass is 10.3. The molecule has 0 amide bonds. The molecule has 1 aliphatic rings. The first-order chi connectivity index (χ1) is 6.75. The van der Waals surface area contributed by atoms with E-state index in [1.807, 2.05) is 44.2 Å². The van der Waals surface area contributed by atoms with E-state index in [1.54, 1.807) is 0 Å². The molecule has 0 aliphatic carbocycles. The monoisotopic (exact) mass is 194 g/mol. The number of hydrogen-bond donors (Lipinski definition) is 0. The Morgan fingerprint density at radius 2 is 1.57 bits per heavy atom. The van der Waals surface area contributed by atoms with Crippen LogP contribution < -0.4 is 4.74 Å². The molecular formula is C11H14O3. The maximum Gasteiger partial charge on any atom is 0.316 e. The quantitative estimate of drug-likeness (QED) is 0.722. The van der Waals surface area contributed by atoms with Crippen LogP contribution in [-0.2, 0) is 9.47 Å². The van der Waals surface area contributed by atoms with Crippen LogP contribution in [0.1, 0.15) is 13.8 Å². The summed E-state index contributed by atoms with van der Waals surface area (Å²) in [4.78, 5) is 0. The highest BCUT2D eigenvalue weighted by molar-refractivity contribution is 5.20. The Kier molecular flexibility index (Phi) is 2.70. The van der Waals surface area contributed by atoms with Gasteiger partial charge in [-0.05, 0) is 26.0 Å². The van der Waals surface area contributed by atoms with E-state index in [0.717, 1.165) is 5.75 Å². The van der Waals surface area contributed by atoms with Gasteiger partial charge in [0.25, 0.3) is 0 Å². The van der Waals surface area contributed by atoms with Gasteiger partial charge in [0, 0.05) is 0 Å². The molecular weight excluding hydrogens is 180 g/mol. The maximum atomic E-state index is 5.47. The summed E-state index contributed by atoms with van der Waals surface area (Å²) in [5.74, 6) is 0.763. The Bertz CT molecular complexity index is 276. The first-order valence-corrected chi connectivity index (χ1v) is 4.78. The zero-order valence-electron chi connectivity index (χ0n) is 8.34. The topological polar surface area (TPSA) is 27.7 Å². The molecule has 3 nitrogen and oxygen atoms in total. The summed E-state index contributed by atoms with van der Waals surface area (Å²) < 4.78 is 16.3. The molecule has 0 bridgehead atoms. The van der Waals surface area contributed by atoms with Gasteiger partial charge in [-0.25, -0.2) is 0 Å². The second-order valence-corrected chi connectivity index (χ2v) is 3.40. The Morgan fingerprint density at radius 1 is 1.00 bits per heavy atom. The van der Waals surface area contributed by atoms with Crippen molar-refractivity contribution in [2.24, 2.45) is 0 Å². The minimum Gasteiger partial charge on any atom is -0.441 e. The van der Waals surface area contributed by atoms with Crippen molar-refractivity contribution in [2.75, 3.05) is 0 Å². The molecule has 1 heterocycles. The van der Waals surface area contributed by atoms with Gasteiger partial charge in [0.2, 0.25) is 0 Å². The van der Waals surface area contributed by atoms with Crippen LogP contribution in [0.5, 0.6) is 5.75 Å². The number of para-hydroxylation sites is 1. The van der Waals surface area contributed by atoms with Crippen LogP contribution in [0.25, 0.3) is 0 Å². The standard InChI is InChI=1S/C11H14O3/c1-8-9(2)13-11(12-8)14-10-6-4-3-5-7-10/h3-9,11H,1-2H3/t8-,9+,11?. The summed E-state index contributed by atoms with van der Waals surface area (Å²) in [6.07, 6.45) is 0.174. The van der Waals surface area contributed by atoms with E-state index in [1.165, 1.54) is 0 Å². The van der Waals surface area contributed by atoms with Gasteiger partial charge in [-0.15, -0.1) is 0 Å². The highest BCUT2D eigenvalue weighted by Crippen LogP contribution is 2.21. The Morgan fingerprint density at radius 3 is 2.14 bits per heavy atom. The fraction of sp³-hybridized carbons (Fsp3) is 0.455. The molecule has 76 valence electrons. The molecule has 3 heteroatoms. The average molecular weight is 194 g/mol. The highest BCUT2D eigenvalue weighted by Gasteiger charge is 2.30. The van der Waals surface area contributed by atoms with Gasteiger partial charge in [0.15, 0.2) is 0 Å². The largest absolute Gasteiger partial charge is 0.441 e. The normalized spacial score (nSPS) is 31.7. The molecule has 0 saturated carbocycles. The van der Waals surface area contributed by atoms with E-state index in [-0.39, 0.29) is 12.2 Å². The zero-order valence-corrected chi connectivity index (χ0v) is 8.34. The van der Waals surface area contributed by atoms with Crippen LogP contribution >= 0.6 is 0 Å². The van der Waals surface area contributed by atoms with E-state index in [4.69, 9.17) is 14.2 Å². The van der Waals surface area contributed by atoms with Crippen LogP contribution in [0.15, 0.2) is 30.3 Å². The first-order valence-electron chi connectivity index (χ1n) is 4.78. The van der Waals surface area contributed by atoms with E-state index in [2.05, 4.69) is 0 Å². The molecule has 1 aromatic rings. The predicted octanol–water partition coefficient (Wildman–Crippen LogP) is 2.17. The van der Waals surface area contributed by atoms with Gasteiger partial charge in [-0.3, -0.25) is 0 Å². The summed E-state index contributed by atoms with van der Waals surface area (Å²) in [6.45, 7) is 3.38. The molecule has 1 aromatic carbocycles. The van der Waals surface area contributed by atoms with Crippen molar-refractivity contribution < 1.29 is 14.2 Å². The minimum absolute atomic E-state index is 0.0868. The molecule has 0 aromatic heterocycles. The van der Waals surface area contributed by atoms with E-state index in [0.29, 0.717) is 0 Å². The van der Waals surface area contributed by atoms with Crippen molar-refractivity contribution in [2.45, 2.75) is 32.5 Å². The molecule has 0 radical (unpaired) electrons. The Balaban J connectivity index is 1.94. The third-order valence-corrected chi connectivity index (χ3v) is 2.29. The van der Waals surface area contributed by atoms with E-state index in [9.17, 15) is 0 Å². The molecule has 3 atom stereocenters.